The Labute approximate surface area is 195 Å². The second-order valence-corrected chi connectivity index (χ2v) is 9.24. The standard InChI is InChI=1S/C23H28F3N5O3/c1-30-10-8-22(9-11-30)28-21(29-34-22)31(13-18-14-32-20(27-18)17-4-5-17)12-16-2-6-19(7-3-16)33-15-23(24,25)26/h2-3,6-7,14,17H,4-5,8-13,15H2,1H3,(H,28,29). The molecule has 1 aromatic heterocycles. The maximum absolute atomic E-state index is 12.4. The Balaban J connectivity index is 1.31. The van der Waals surface area contributed by atoms with E-state index in [1.807, 2.05) is 4.90 Å². The Bertz CT molecular complexity index is 1010. The fourth-order valence-corrected chi connectivity index (χ4v) is 4.09. The number of halogens is 3. The molecule has 2 fully saturated rings. The maximum Gasteiger partial charge on any atom is 0.422 e. The Kier molecular flexibility index (Phi) is 6.15. The van der Waals surface area contributed by atoms with E-state index in [4.69, 9.17) is 19.0 Å². The van der Waals surface area contributed by atoms with E-state index in [9.17, 15) is 13.2 Å². The van der Waals surface area contributed by atoms with E-state index in [0.717, 1.165) is 55.9 Å². The van der Waals surface area contributed by atoms with Crippen molar-refractivity contribution in [3.05, 3.63) is 47.7 Å². The number of nitrogens with zero attached hydrogens (tertiary/aromatic N) is 4. The van der Waals surface area contributed by atoms with E-state index >= 15 is 0 Å². The second-order valence-electron chi connectivity index (χ2n) is 9.24. The van der Waals surface area contributed by atoms with Crippen molar-refractivity contribution in [2.24, 2.45) is 4.99 Å². The molecule has 0 bridgehead atoms. The van der Waals surface area contributed by atoms with E-state index < -0.39 is 18.5 Å². The van der Waals surface area contributed by atoms with Crippen molar-refractivity contribution in [1.82, 2.24) is 20.3 Å². The number of rotatable bonds is 7. The predicted octanol–water partition coefficient (Wildman–Crippen LogP) is 3.81. The molecule has 8 nitrogen and oxygen atoms in total. The Morgan fingerprint density at radius 3 is 2.59 bits per heavy atom. The fraction of sp³-hybridized carbons (Fsp3) is 0.565. The minimum atomic E-state index is -4.37. The lowest BCUT2D eigenvalue weighted by atomic mass is 10.0. The highest BCUT2D eigenvalue weighted by molar-refractivity contribution is 5.80. The third kappa shape index (κ3) is 5.64. The van der Waals surface area contributed by atoms with Gasteiger partial charge in [-0.15, -0.1) is 0 Å². The number of nitrogens with one attached hydrogen (secondary N) is 1. The first kappa shape index (κ1) is 23.0. The summed E-state index contributed by atoms with van der Waals surface area (Å²) >= 11 is 0. The lowest BCUT2D eigenvalue weighted by molar-refractivity contribution is -0.153. The van der Waals surface area contributed by atoms with Gasteiger partial charge in [-0.3, -0.25) is 0 Å². The molecule has 3 aliphatic rings. The van der Waals surface area contributed by atoms with Crippen LogP contribution in [0.2, 0.25) is 0 Å². The zero-order valence-corrected chi connectivity index (χ0v) is 19.0. The van der Waals surface area contributed by atoms with Crippen LogP contribution in [0, 0.1) is 0 Å². The number of hydroxylamine groups is 1. The Hall–Kier alpha value is -2.79. The molecule has 0 radical (unpaired) electrons. The molecule has 184 valence electrons. The minimum Gasteiger partial charge on any atom is -0.484 e. The summed E-state index contributed by atoms with van der Waals surface area (Å²) in [4.78, 5) is 19.7. The molecule has 0 amide bonds. The zero-order chi connectivity index (χ0) is 23.8. The molecule has 34 heavy (non-hydrogen) atoms. The number of aromatic nitrogens is 1. The number of guanidine groups is 1. The number of hydrogen-bond donors (Lipinski definition) is 1. The summed E-state index contributed by atoms with van der Waals surface area (Å²) in [5.74, 6) is 1.96. The van der Waals surface area contributed by atoms with E-state index in [1.54, 1.807) is 30.5 Å². The predicted molar refractivity (Wildman–Crippen MR) is 117 cm³/mol. The molecule has 0 unspecified atom stereocenters. The number of hydrogen-bond acceptors (Lipinski definition) is 8. The summed E-state index contributed by atoms with van der Waals surface area (Å²) in [7, 11) is 2.08. The molecule has 2 aliphatic heterocycles. The van der Waals surface area contributed by atoms with E-state index in [-0.39, 0.29) is 5.75 Å². The molecular formula is C23H28F3N5O3. The molecule has 11 heteroatoms. The number of piperidine rings is 1. The van der Waals surface area contributed by atoms with Crippen LogP contribution in [0.3, 0.4) is 0 Å². The van der Waals surface area contributed by atoms with Crippen molar-refractivity contribution in [2.75, 3.05) is 26.7 Å². The maximum atomic E-state index is 12.4. The molecule has 3 heterocycles. The van der Waals surface area contributed by atoms with E-state index in [2.05, 4.69) is 22.4 Å². The number of oxazole rings is 1. The van der Waals surface area contributed by atoms with Gasteiger partial charge in [0.15, 0.2) is 18.2 Å². The van der Waals surface area contributed by atoms with Crippen LogP contribution >= 0.6 is 0 Å². The van der Waals surface area contributed by atoms with Gasteiger partial charge in [-0.1, -0.05) is 12.1 Å². The third-order valence-electron chi connectivity index (χ3n) is 6.26. The normalized spacial score (nSPS) is 20.3. The number of ether oxygens (including phenoxy) is 1. The topological polar surface area (TPSA) is 75.4 Å². The van der Waals surface area contributed by atoms with Crippen molar-refractivity contribution >= 4 is 5.96 Å². The summed E-state index contributed by atoms with van der Waals surface area (Å²) in [6.07, 6.45) is 1.08. The van der Waals surface area contributed by atoms with Crippen molar-refractivity contribution in [3.8, 4) is 5.75 Å². The SMILES string of the molecule is CN1CCC2(CC1)N=C(N(Cc1ccc(OCC(F)(F)F)cc1)Cc1coc(C3CC3)n1)NO2. The van der Waals surface area contributed by atoms with Crippen molar-refractivity contribution in [2.45, 2.75) is 56.6 Å². The van der Waals surface area contributed by atoms with Crippen LogP contribution in [-0.4, -0.2) is 59.4 Å². The summed E-state index contributed by atoms with van der Waals surface area (Å²) in [5, 5.41) is 0. The monoisotopic (exact) mass is 479 g/mol. The molecule has 1 saturated carbocycles. The van der Waals surface area contributed by atoms with Gasteiger partial charge in [-0.05, 0) is 37.6 Å². The molecule has 0 atom stereocenters. The fourth-order valence-electron chi connectivity index (χ4n) is 4.09. The quantitative estimate of drug-likeness (QED) is 0.647. The van der Waals surface area contributed by atoms with E-state index in [0.29, 0.717) is 25.0 Å². The number of alkyl halides is 3. The summed E-state index contributed by atoms with van der Waals surface area (Å²) in [6, 6.07) is 6.58. The van der Waals surface area contributed by atoms with Crippen LogP contribution in [0.15, 0.2) is 39.9 Å². The van der Waals surface area contributed by atoms with Crippen LogP contribution in [0.25, 0.3) is 0 Å². The first-order valence-electron chi connectivity index (χ1n) is 11.5. The van der Waals surface area contributed by atoms with Gasteiger partial charge >= 0.3 is 6.18 Å². The summed E-state index contributed by atoms with van der Waals surface area (Å²) in [5.41, 5.74) is 4.11. The van der Waals surface area contributed by atoms with E-state index in [1.165, 1.54) is 0 Å². The van der Waals surface area contributed by atoms with Gasteiger partial charge in [0.1, 0.15) is 12.0 Å². The Morgan fingerprint density at radius 2 is 1.91 bits per heavy atom. The molecular weight excluding hydrogens is 451 g/mol. The van der Waals surface area contributed by atoms with Gasteiger partial charge in [0, 0.05) is 38.4 Å². The van der Waals surface area contributed by atoms with Gasteiger partial charge in [0.2, 0.25) is 5.96 Å². The van der Waals surface area contributed by atoms with Crippen LogP contribution in [0.1, 0.15) is 48.7 Å². The highest BCUT2D eigenvalue weighted by atomic mass is 19.4. The van der Waals surface area contributed by atoms with Gasteiger partial charge in [-0.25, -0.2) is 20.3 Å². The molecule has 1 aromatic carbocycles. The van der Waals surface area contributed by atoms with Crippen LogP contribution in [0.4, 0.5) is 13.2 Å². The van der Waals surface area contributed by atoms with Gasteiger partial charge in [0.05, 0.1) is 12.2 Å². The van der Waals surface area contributed by atoms with Crippen molar-refractivity contribution in [1.29, 1.82) is 0 Å². The first-order chi connectivity index (χ1) is 16.3. The number of benzene rings is 1. The molecule has 1 aliphatic carbocycles. The van der Waals surface area contributed by atoms with Crippen LogP contribution in [0.5, 0.6) is 5.75 Å². The lowest BCUT2D eigenvalue weighted by Gasteiger charge is -2.33. The zero-order valence-electron chi connectivity index (χ0n) is 19.0. The van der Waals surface area contributed by atoms with Crippen LogP contribution < -0.4 is 10.2 Å². The molecule has 2 aromatic rings. The average Bonchev–Trinajstić information content (AvgIpc) is 3.41. The molecule has 1 saturated heterocycles. The summed E-state index contributed by atoms with van der Waals surface area (Å²) < 4.78 is 47.7. The second kappa shape index (κ2) is 9.10. The average molecular weight is 480 g/mol. The van der Waals surface area contributed by atoms with Gasteiger partial charge < -0.3 is 19.0 Å². The number of aliphatic imine (C=N–C) groups is 1. The highest BCUT2D eigenvalue weighted by Gasteiger charge is 2.41. The van der Waals surface area contributed by atoms with Gasteiger partial charge in [0.25, 0.3) is 0 Å². The first-order valence-corrected chi connectivity index (χ1v) is 11.5. The van der Waals surface area contributed by atoms with Gasteiger partial charge in [-0.2, -0.15) is 13.2 Å². The largest absolute Gasteiger partial charge is 0.484 e. The Morgan fingerprint density at radius 1 is 1.18 bits per heavy atom. The molecule has 1 spiro atoms. The highest BCUT2D eigenvalue weighted by Crippen LogP contribution is 2.39. The smallest absolute Gasteiger partial charge is 0.422 e. The third-order valence-corrected chi connectivity index (χ3v) is 6.26. The van der Waals surface area contributed by atoms with Crippen LogP contribution in [-0.2, 0) is 17.9 Å². The molecule has 5 rings (SSSR count). The van der Waals surface area contributed by atoms with Crippen molar-refractivity contribution < 1.29 is 27.2 Å². The number of likely N-dealkylation sites (tertiary alicyclic amines) is 1. The summed E-state index contributed by atoms with van der Waals surface area (Å²) in [6.45, 7) is 1.38. The minimum absolute atomic E-state index is 0.170. The lowest BCUT2D eigenvalue weighted by Crippen LogP contribution is -2.43. The van der Waals surface area contributed by atoms with Crippen molar-refractivity contribution in [3.63, 3.8) is 0 Å². The molecule has 1 N–H and O–H groups in total.